The summed E-state index contributed by atoms with van der Waals surface area (Å²) in [5.41, 5.74) is 0.686. The molecule has 22 heavy (non-hydrogen) atoms. The number of amides is 1. The van der Waals surface area contributed by atoms with Gasteiger partial charge in [0, 0.05) is 15.6 Å². The van der Waals surface area contributed by atoms with E-state index < -0.39 is 0 Å². The molecule has 0 atom stereocenters. The molecule has 0 bridgehead atoms. The molecule has 6 heteroatoms. The number of anilines is 1. The Morgan fingerprint density at radius 2 is 1.91 bits per heavy atom. The second-order valence-electron chi connectivity index (χ2n) is 4.36. The number of hydrogen-bond acceptors (Lipinski definition) is 4. The lowest BCUT2D eigenvalue weighted by molar-refractivity contribution is -0.113. The third kappa shape index (κ3) is 4.58. The number of hydrogen-bond donors (Lipinski definition) is 1. The number of rotatable bonds is 6. The maximum Gasteiger partial charge on any atom is 0.234 e. The Labute approximate surface area is 138 Å². The molecule has 0 heterocycles. The smallest absolute Gasteiger partial charge is 0.234 e. The fourth-order valence-electron chi connectivity index (χ4n) is 1.82. The van der Waals surface area contributed by atoms with Crippen molar-refractivity contribution in [2.24, 2.45) is 0 Å². The normalized spacial score (nSPS) is 10.1. The molecule has 1 amide bonds. The van der Waals surface area contributed by atoms with Crippen molar-refractivity contribution in [1.82, 2.24) is 0 Å². The Hall–Kier alpha value is -1.85. The van der Waals surface area contributed by atoms with Crippen LogP contribution in [0.5, 0.6) is 11.5 Å². The van der Waals surface area contributed by atoms with Crippen molar-refractivity contribution in [3.05, 3.63) is 47.5 Å². The van der Waals surface area contributed by atoms with E-state index in [4.69, 9.17) is 21.1 Å². The number of methoxy groups -OCH3 is 2. The summed E-state index contributed by atoms with van der Waals surface area (Å²) in [5.74, 6) is 1.50. The van der Waals surface area contributed by atoms with Crippen molar-refractivity contribution in [2.75, 3.05) is 25.3 Å². The van der Waals surface area contributed by atoms with Gasteiger partial charge in [-0.1, -0.05) is 17.7 Å². The Morgan fingerprint density at radius 1 is 1.14 bits per heavy atom. The van der Waals surface area contributed by atoms with Crippen molar-refractivity contribution >= 4 is 35.0 Å². The standard InChI is InChI=1S/C16H16ClNO3S/c1-20-14-7-6-13(9-15(14)21-2)22-10-16(19)18-12-5-3-4-11(17)8-12/h3-9H,10H2,1-2H3,(H,18,19). The SMILES string of the molecule is COc1ccc(SCC(=O)Nc2cccc(Cl)c2)cc1OC. The number of carbonyl (C=O) groups excluding carboxylic acids is 1. The Bertz CT molecular complexity index is 664. The first kappa shape index (κ1) is 16.5. The highest BCUT2D eigenvalue weighted by Gasteiger charge is 2.08. The molecule has 0 aliphatic heterocycles. The highest BCUT2D eigenvalue weighted by Crippen LogP contribution is 2.31. The predicted molar refractivity (Wildman–Crippen MR) is 90.4 cm³/mol. The van der Waals surface area contributed by atoms with Gasteiger partial charge in [-0.25, -0.2) is 0 Å². The Balaban J connectivity index is 1.93. The third-order valence-corrected chi connectivity index (χ3v) is 4.06. The zero-order valence-electron chi connectivity index (χ0n) is 12.3. The summed E-state index contributed by atoms with van der Waals surface area (Å²) >= 11 is 7.30. The Kier molecular flexibility index (Phi) is 5.98. The quantitative estimate of drug-likeness (QED) is 0.806. The summed E-state index contributed by atoms with van der Waals surface area (Å²) in [6.07, 6.45) is 0. The van der Waals surface area contributed by atoms with Gasteiger partial charge in [-0.05, 0) is 36.4 Å². The van der Waals surface area contributed by atoms with E-state index in [2.05, 4.69) is 5.32 Å². The fraction of sp³-hybridized carbons (Fsp3) is 0.188. The van der Waals surface area contributed by atoms with Crippen LogP contribution in [0.25, 0.3) is 0 Å². The molecule has 4 nitrogen and oxygen atoms in total. The van der Waals surface area contributed by atoms with Crippen LogP contribution >= 0.6 is 23.4 Å². The molecule has 2 aromatic carbocycles. The van der Waals surface area contributed by atoms with Gasteiger partial charge in [-0.2, -0.15) is 0 Å². The monoisotopic (exact) mass is 337 g/mol. The minimum Gasteiger partial charge on any atom is -0.493 e. The summed E-state index contributed by atoms with van der Waals surface area (Å²) in [4.78, 5) is 12.9. The van der Waals surface area contributed by atoms with Gasteiger partial charge >= 0.3 is 0 Å². The number of thioether (sulfide) groups is 1. The zero-order valence-corrected chi connectivity index (χ0v) is 13.8. The molecule has 2 rings (SSSR count). The van der Waals surface area contributed by atoms with Gasteiger partial charge in [0.15, 0.2) is 11.5 Å². The van der Waals surface area contributed by atoms with Crippen molar-refractivity contribution in [3.8, 4) is 11.5 Å². The molecule has 0 saturated heterocycles. The van der Waals surface area contributed by atoms with Crippen LogP contribution in [0.2, 0.25) is 5.02 Å². The number of benzene rings is 2. The molecule has 0 saturated carbocycles. The summed E-state index contributed by atoms with van der Waals surface area (Å²) in [5, 5.41) is 3.39. The molecule has 0 radical (unpaired) electrons. The molecule has 1 N–H and O–H groups in total. The second-order valence-corrected chi connectivity index (χ2v) is 5.85. The summed E-state index contributed by atoms with van der Waals surface area (Å²) in [7, 11) is 3.17. The molecular formula is C16H16ClNO3S. The lowest BCUT2D eigenvalue weighted by atomic mass is 10.3. The van der Waals surface area contributed by atoms with E-state index >= 15 is 0 Å². The molecule has 2 aromatic rings. The first-order chi connectivity index (χ1) is 10.6. The molecule has 0 aliphatic carbocycles. The van der Waals surface area contributed by atoms with Gasteiger partial charge in [0.2, 0.25) is 5.91 Å². The molecule has 0 spiro atoms. The Morgan fingerprint density at radius 3 is 2.59 bits per heavy atom. The van der Waals surface area contributed by atoms with Gasteiger partial charge < -0.3 is 14.8 Å². The van der Waals surface area contributed by atoms with Crippen molar-refractivity contribution in [3.63, 3.8) is 0 Å². The first-order valence-corrected chi connectivity index (χ1v) is 7.89. The van der Waals surface area contributed by atoms with E-state index in [1.165, 1.54) is 11.8 Å². The lowest BCUT2D eigenvalue weighted by Crippen LogP contribution is -2.13. The van der Waals surface area contributed by atoms with Gasteiger partial charge in [0.1, 0.15) is 0 Å². The van der Waals surface area contributed by atoms with E-state index in [0.717, 1.165) is 4.90 Å². The maximum atomic E-state index is 11.9. The van der Waals surface area contributed by atoms with Crippen LogP contribution in [0.3, 0.4) is 0 Å². The summed E-state index contributed by atoms with van der Waals surface area (Å²) in [6, 6.07) is 12.6. The minimum atomic E-state index is -0.0953. The highest BCUT2D eigenvalue weighted by molar-refractivity contribution is 8.00. The molecule has 116 valence electrons. The van der Waals surface area contributed by atoms with Gasteiger partial charge in [0.25, 0.3) is 0 Å². The average Bonchev–Trinajstić information content (AvgIpc) is 2.52. The highest BCUT2D eigenvalue weighted by atomic mass is 35.5. The number of carbonyl (C=O) groups is 1. The van der Waals surface area contributed by atoms with E-state index in [-0.39, 0.29) is 5.91 Å². The lowest BCUT2D eigenvalue weighted by Gasteiger charge is -2.09. The number of ether oxygens (including phenoxy) is 2. The zero-order chi connectivity index (χ0) is 15.9. The second kappa shape index (κ2) is 7.96. The first-order valence-electron chi connectivity index (χ1n) is 6.52. The predicted octanol–water partition coefficient (Wildman–Crippen LogP) is 4.09. The molecule has 0 aliphatic rings. The van der Waals surface area contributed by atoms with Crippen molar-refractivity contribution in [1.29, 1.82) is 0 Å². The van der Waals surface area contributed by atoms with Crippen LogP contribution in [0.15, 0.2) is 47.4 Å². The van der Waals surface area contributed by atoms with E-state index in [9.17, 15) is 4.79 Å². The van der Waals surface area contributed by atoms with Crippen LogP contribution in [0.1, 0.15) is 0 Å². The molecular weight excluding hydrogens is 322 g/mol. The van der Waals surface area contributed by atoms with Gasteiger partial charge in [-0.3, -0.25) is 4.79 Å². The third-order valence-electron chi connectivity index (χ3n) is 2.83. The van der Waals surface area contributed by atoms with E-state index in [0.29, 0.717) is 28.0 Å². The van der Waals surface area contributed by atoms with Crippen LogP contribution in [-0.4, -0.2) is 25.9 Å². The fourth-order valence-corrected chi connectivity index (χ4v) is 2.73. The topological polar surface area (TPSA) is 47.6 Å². The molecule has 0 aromatic heterocycles. The van der Waals surface area contributed by atoms with Crippen LogP contribution in [0, 0.1) is 0 Å². The van der Waals surface area contributed by atoms with Crippen LogP contribution in [0.4, 0.5) is 5.69 Å². The average molecular weight is 338 g/mol. The van der Waals surface area contributed by atoms with Crippen LogP contribution in [-0.2, 0) is 4.79 Å². The minimum absolute atomic E-state index is 0.0953. The van der Waals surface area contributed by atoms with Crippen molar-refractivity contribution in [2.45, 2.75) is 4.90 Å². The van der Waals surface area contributed by atoms with E-state index in [1.54, 1.807) is 38.5 Å². The van der Waals surface area contributed by atoms with Gasteiger partial charge in [0.05, 0.1) is 20.0 Å². The summed E-state index contributed by atoms with van der Waals surface area (Å²) < 4.78 is 10.4. The number of nitrogens with one attached hydrogen (secondary N) is 1. The van der Waals surface area contributed by atoms with E-state index in [1.807, 2.05) is 18.2 Å². The molecule has 0 unspecified atom stereocenters. The van der Waals surface area contributed by atoms with Crippen LogP contribution < -0.4 is 14.8 Å². The number of halogens is 1. The summed E-state index contributed by atoms with van der Waals surface area (Å²) in [6.45, 7) is 0. The molecule has 0 fully saturated rings. The maximum absolute atomic E-state index is 11.9. The van der Waals surface area contributed by atoms with Crippen molar-refractivity contribution < 1.29 is 14.3 Å². The van der Waals surface area contributed by atoms with Gasteiger partial charge in [-0.15, -0.1) is 11.8 Å². The largest absolute Gasteiger partial charge is 0.493 e.